The second-order valence-electron chi connectivity index (χ2n) is 11.8. The molecule has 1 aromatic carbocycles. The third kappa shape index (κ3) is 8.12. The molecule has 0 spiro atoms. The van der Waals surface area contributed by atoms with Crippen LogP contribution in [0.25, 0.3) is 6.08 Å². The van der Waals surface area contributed by atoms with Crippen LogP contribution in [0.2, 0.25) is 5.02 Å². The van der Waals surface area contributed by atoms with Crippen LogP contribution in [0.15, 0.2) is 70.4 Å². The first kappa shape index (κ1) is 32.0. The van der Waals surface area contributed by atoms with Gasteiger partial charge in [-0.05, 0) is 54.7 Å². The Morgan fingerprint density at radius 1 is 1.21 bits per heavy atom. The van der Waals surface area contributed by atoms with Gasteiger partial charge < -0.3 is 19.9 Å². The van der Waals surface area contributed by atoms with Gasteiger partial charge in [0, 0.05) is 61.2 Å². The molecule has 228 valence electrons. The van der Waals surface area contributed by atoms with Gasteiger partial charge in [0.25, 0.3) is 11.5 Å². The number of aromatic nitrogens is 1. The van der Waals surface area contributed by atoms with E-state index in [-0.39, 0.29) is 31.2 Å². The van der Waals surface area contributed by atoms with Crippen LogP contribution >= 0.6 is 11.6 Å². The van der Waals surface area contributed by atoms with Crippen molar-refractivity contribution in [1.29, 1.82) is 0 Å². The molecule has 0 bridgehead atoms. The van der Waals surface area contributed by atoms with Crippen LogP contribution in [-0.4, -0.2) is 57.8 Å². The fourth-order valence-electron chi connectivity index (χ4n) is 5.00. The Bertz CT molecular complexity index is 1510. The number of nitrogens with one attached hydrogen (secondary N) is 1. The van der Waals surface area contributed by atoms with E-state index in [9.17, 15) is 19.5 Å². The lowest BCUT2D eigenvalue weighted by Crippen LogP contribution is -2.42. The summed E-state index contributed by atoms with van der Waals surface area (Å²) in [5.74, 6) is -0.513. The number of allylic oxidation sites excluding steroid dienone is 3. The smallest absolute Gasteiger partial charge is 0.264 e. The van der Waals surface area contributed by atoms with Crippen LogP contribution in [0.1, 0.15) is 60.8 Å². The highest BCUT2D eigenvalue weighted by atomic mass is 35.5. The van der Waals surface area contributed by atoms with Gasteiger partial charge in [-0.1, -0.05) is 62.7 Å². The van der Waals surface area contributed by atoms with Gasteiger partial charge in [-0.25, -0.2) is 5.01 Å². The third-order valence-corrected chi connectivity index (χ3v) is 7.87. The molecule has 1 aliphatic heterocycles. The van der Waals surface area contributed by atoms with E-state index >= 15 is 0 Å². The van der Waals surface area contributed by atoms with Gasteiger partial charge in [0.2, 0.25) is 5.91 Å². The molecule has 1 aromatic heterocycles. The summed E-state index contributed by atoms with van der Waals surface area (Å²) in [6.07, 6.45) is 13.9. The summed E-state index contributed by atoms with van der Waals surface area (Å²) in [6.45, 7) is 6.06. The molecular formula is C33H40ClN5O4. The molecule has 2 N–H and O–H groups in total. The Hall–Kier alpha value is -3.95. The van der Waals surface area contributed by atoms with Gasteiger partial charge in [-0.2, -0.15) is 5.10 Å². The number of likely N-dealkylation sites (N-methyl/N-ethyl adjacent to an activating group) is 1. The lowest BCUT2D eigenvalue weighted by molar-refractivity contribution is -0.132. The van der Waals surface area contributed by atoms with Crippen molar-refractivity contribution in [2.75, 3.05) is 20.2 Å². The van der Waals surface area contributed by atoms with E-state index in [1.807, 2.05) is 49.5 Å². The molecule has 0 saturated carbocycles. The first-order valence-electron chi connectivity index (χ1n) is 14.6. The zero-order valence-corrected chi connectivity index (χ0v) is 26.0. The van der Waals surface area contributed by atoms with Crippen LogP contribution in [0.5, 0.6) is 0 Å². The number of nitrogens with zero attached hydrogens (tertiary/aromatic N) is 4. The normalized spacial score (nSPS) is 16.3. The van der Waals surface area contributed by atoms with Crippen LogP contribution in [0, 0.1) is 11.3 Å². The van der Waals surface area contributed by atoms with E-state index in [0.29, 0.717) is 41.6 Å². The Morgan fingerprint density at radius 3 is 2.60 bits per heavy atom. The Labute approximate surface area is 257 Å². The number of pyridine rings is 1. The number of halogens is 1. The van der Waals surface area contributed by atoms with Gasteiger partial charge in [0.1, 0.15) is 12.1 Å². The number of aliphatic hydroxyl groups is 1. The minimum atomic E-state index is -0.529. The minimum absolute atomic E-state index is 0.0451. The maximum atomic E-state index is 13.8. The van der Waals surface area contributed by atoms with Crippen LogP contribution in [0.4, 0.5) is 0 Å². The number of rotatable bonds is 10. The van der Waals surface area contributed by atoms with E-state index < -0.39 is 16.9 Å². The molecule has 4 rings (SSSR count). The molecule has 1 unspecified atom stereocenters. The van der Waals surface area contributed by atoms with Crippen molar-refractivity contribution in [1.82, 2.24) is 19.8 Å². The summed E-state index contributed by atoms with van der Waals surface area (Å²) in [6, 6.07) is 8.69. The van der Waals surface area contributed by atoms with Crippen LogP contribution in [-0.2, 0) is 24.3 Å². The van der Waals surface area contributed by atoms with E-state index in [1.165, 1.54) is 9.47 Å². The Morgan fingerprint density at radius 2 is 1.95 bits per heavy atom. The minimum Gasteiger partial charge on any atom is -0.396 e. The van der Waals surface area contributed by atoms with Crippen molar-refractivity contribution in [3.63, 3.8) is 0 Å². The maximum absolute atomic E-state index is 13.8. The summed E-state index contributed by atoms with van der Waals surface area (Å²) >= 11 is 5.98. The van der Waals surface area contributed by atoms with E-state index in [1.54, 1.807) is 37.4 Å². The molecule has 43 heavy (non-hydrogen) atoms. The summed E-state index contributed by atoms with van der Waals surface area (Å²) in [5, 5.41) is 19.5. The van der Waals surface area contributed by atoms with Gasteiger partial charge in [0.05, 0.1) is 5.70 Å². The fourth-order valence-corrected chi connectivity index (χ4v) is 5.12. The second-order valence-corrected chi connectivity index (χ2v) is 12.2. The molecule has 2 aromatic rings. The number of fused-ring (bicyclic) bond motifs is 1. The van der Waals surface area contributed by atoms with E-state index in [0.717, 1.165) is 17.7 Å². The molecule has 0 fully saturated rings. The number of carbonyl (C=O) groups excluding carboxylic acids is 2. The first-order chi connectivity index (χ1) is 20.5. The standard InChI is InChI=1S/C33H40ClN5O4/c1-5-23-15-16-39(36-19-23)27-7-6-8-29-25(11-14-27)17-28(31(42)35-18-24-9-12-26(34)13-10-24)32(43)38(29)20-30(41)37(4)21-33(2,3)22-40/h7,9-17,19,23,40H,5-6,8,18,20-22H2,1-4H3,(H,35,42). The summed E-state index contributed by atoms with van der Waals surface area (Å²) in [4.78, 5) is 42.0. The lowest BCUT2D eigenvalue weighted by atomic mass is 9.94. The fraction of sp³-hybridized carbons (Fsp3) is 0.394. The lowest BCUT2D eigenvalue weighted by Gasteiger charge is -2.29. The van der Waals surface area contributed by atoms with Crippen molar-refractivity contribution in [2.45, 2.75) is 53.1 Å². The first-order valence-corrected chi connectivity index (χ1v) is 14.9. The predicted octanol–water partition coefficient (Wildman–Crippen LogP) is 4.59. The van der Waals surface area contributed by atoms with Crippen LogP contribution < -0.4 is 10.9 Å². The van der Waals surface area contributed by atoms with Gasteiger partial charge in [0.15, 0.2) is 0 Å². The monoisotopic (exact) mass is 605 g/mol. The SMILES string of the molecule is CCC1C=CN(C2=CCCc3c(cc(C(=O)NCc4ccc(Cl)cc4)c(=O)n3CC(=O)N(C)CC(C)(C)CO)C=C2)N=C1. The topological polar surface area (TPSA) is 107 Å². The highest BCUT2D eigenvalue weighted by molar-refractivity contribution is 6.30. The van der Waals surface area contributed by atoms with Gasteiger partial charge in [-0.3, -0.25) is 14.4 Å². The zero-order chi connectivity index (χ0) is 31.1. The number of hydrogen-bond donors (Lipinski definition) is 2. The molecule has 2 heterocycles. The average molecular weight is 606 g/mol. The molecule has 2 aliphatic rings. The van der Waals surface area contributed by atoms with E-state index in [4.69, 9.17) is 11.6 Å². The highest BCUT2D eigenvalue weighted by Gasteiger charge is 2.25. The number of benzene rings is 1. The summed E-state index contributed by atoms with van der Waals surface area (Å²) in [5.41, 5.74) is 2.00. The predicted molar refractivity (Wildman–Crippen MR) is 171 cm³/mol. The van der Waals surface area contributed by atoms with Crippen molar-refractivity contribution >= 4 is 35.7 Å². The molecule has 9 nitrogen and oxygen atoms in total. The molecule has 1 aliphatic carbocycles. The Kier molecular flexibility index (Phi) is 10.4. The molecule has 0 saturated heterocycles. The molecule has 1 atom stereocenters. The van der Waals surface area contributed by atoms with Crippen molar-refractivity contribution < 1.29 is 14.7 Å². The summed E-state index contributed by atoms with van der Waals surface area (Å²) < 4.78 is 1.42. The third-order valence-electron chi connectivity index (χ3n) is 7.62. The number of hydrazone groups is 1. The van der Waals surface area contributed by atoms with Gasteiger partial charge >= 0.3 is 0 Å². The van der Waals surface area contributed by atoms with Crippen molar-refractivity contribution in [3.05, 3.63) is 98.2 Å². The summed E-state index contributed by atoms with van der Waals surface area (Å²) in [7, 11) is 1.65. The highest BCUT2D eigenvalue weighted by Crippen LogP contribution is 2.23. The number of hydrogen-bond acceptors (Lipinski definition) is 6. The molecular weight excluding hydrogens is 566 g/mol. The van der Waals surface area contributed by atoms with Crippen LogP contribution in [0.3, 0.4) is 0 Å². The van der Waals surface area contributed by atoms with E-state index in [2.05, 4.69) is 23.4 Å². The molecule has 2 amide bonds. The Balaban J connectivity index is 1.67. The number of aliphatic hydroxyl groups excluding tert-OH is 1. The largest absolute Gasteiger partial charge is 0.396 e. The van der Waals surface area contributed by atoms with Crippen molar-refractivity contribution in [3.8, 4) is 0 Å². The number of carbonyl (C=O) groups is 2. The van der Waals surface area contributed by atoms with Gasteiger partial charge in [-0.15, -0.1) is 0 Å². The average Bonchev–Trinajstić information content (AvgIpc) is 2.98. The van der Waals surface area contributed by atoms with Crippen molar-refractivity contribution in [2.24, 2.45) is 16.4 Å². The quantitative estimate of drug-likeness (QED) is 0.412. The second kappa shape index (κ2) is 14.0. The molecule has 10 heteroatoms. The zero-order valence-electron chi connectivity index (χ0n) is 25.2. The molecule has 0 radical (unpaired) electrons. The maximum Gasteiger partial charge on any atom is 0.264 e. The number of amides is 2.